The lowest BCUT2D eigenvalue weighted by Gasteiger charge is -2.06. The van der Waals surface area contributed by atoms with Crippen LogP contribution in [0.5, 0.6) is 11.5 Å². The highest BCUT2D eigenvalue weighted by molar-refractivity contribution is 6.04. The first kappa shape index (κ1) is 16.5. The summed E-state index contributed by atoms with van der Waals surface area (Å²) in [5.74, 6) is 1.53. The molecule has 0 fully saturated rings. The number of hydrogen-bond donors (Lipinski definition) is 1. The van der Waals surface area contributed by atoms with Gasteiger partial charge in [-0.1, -0.05) is 48.0 Å². The number of benzene rings is 3. The average molecular weight is 329 g/mol. The quantitative estimate of drug-likeness (QED) is 0.473. The monoisotopic (exact) mass is 329 g/mol. The van der Waals surface area contributed by atoms with E-state index in [4.69, 9.17) is 4.74 Å². The van der Waals surface area contributed by atoms with Crippen molar-refractivity contribution in [3.05, 3.63) is 102 Å². The molecule has 0 aromatic heterocycles. The molecule has 124 valence electrons. The lowest BCUT2D eigenvalue weighted by molar-refractivity contribution is 0.104. The zero-order valence-corrected chi connectivity index (χ0v) is 14.0. The number of carbonyl (C=O) groups is 1. The fourth-order valence-electron chi connectivity index (χ4n) is 2.27. The van der Waals surface area contributed by atoms with Crippen LogP contribution in [0.4, 0.5) is 5.69 Å². The van der Waals surface area contributed by atoms with Crippen LogP contribution in [0, 0.1) is 6.92 Å². The van der Waals surface area contributed by atoms with E-state index < -0.39 is 0 Å². The molecule has 0 aliphatic heterocycles. The molecule has 0 atom stereocenters. The molecule has 0 spiro atoms. The molecule has 0 aliphatic carbocycles. The Labute approximate surface area is 147 Å². The van der Waals surface area contributed by atoms with Gasteiger partial charge in [-0.25, -0.2) is 0 Å². The van der Waals surface area contributed by atoms with Crippen LogP contribution in [0.25, 0.3) is 0 Å². The molecule has 1 N–H and O–H groups in total. The number of para-hydroxylation sites is 1. The van der Waals surface area contributed by atoms with Gasteiger partial charge in [0.25, 0.3) is 0 Å². The minimum Gasteiger partial charge on any atom is -0.457 e. The summed E-state index contributed by atoms with van der Waals surface area (Å²) in [4.78, 5) is 12.1. The Kier molecular flexibility index (Phi) is 5.27. The smallest absolute Gasteiger partial charge is 0.187 e. The number of nitrogens with one attached hydrogen (secondary N) is 1. The van der Waals surface area contributed by atoms with Crippen molar-refractivity contribution in [1.29, 1.82) is 0 Å². The highest BCUT2D eigenvalue weighted by atomic mass is 16.5. The molecule has 0 heterocycles. The zero-order chi connectivity index (χ0) is 17.5. The van der Waals surface area contributed by atoms with Gasteiger partial charge in [0.05, 0.1) is 0 Å². The predicted molar refractivity (Wildman–Crippen MR) is 101 cm³/mol. The summed E-state index contributed by atoms with van der Waals surface area (Å²) in [6.45, 7) is 2.00. The number of hydrogen-bond acceptors (Lipinski definition) is 3. The molecule has 0 unspecified atom stereocenters. The van der Waals surface area contributed by atoms with Gasteiger partial charge in [-0.05, 0) is 43.3 Å². The molecule has 3 aromatic rings. The third-order valence-corrected chi connectivity index (χ3v) is 3.65. The average Bonchev–Trinajstić information content (AvgIpc) is 2.64. The number of anilines is 1. The fraction of sp³-hybridized carbons (Fsp3) is 0.0455. The Morgan fingerprint density at radius 1 is 0.840 bits per heavy atom. The molecule has 0 saturated carbocycles. The Bertz CT molecular complexity index is 851. The van der Waals surface area contributed by atoms with Crippen LogP contribution in [0.3, 0.4) is 0 Å². The van der Waals surface area contributed by atoms with Gasteiger partial charge >= 0.3 is 0 Å². The van der Waals surface area contributed by atoms with E-state index >= 15 is 0 Å². The maximum atomic E-state index is 12.1. The molecule has 0 amide bonds. The second-order valence-electron chi connectivity index (χ2n) is 5.65. The third-order valence-electron chi connectivity index (χ3n) is 3.65. The van der Waals surface area contributed by atoms with E-state index in [2.05, 4.69) is 5.32 Å². The van der Waals surface area contributed by atoms with Gasteiger partial charge in [0, 0.05) is 23.5 Å². The molecule has 0 saturated heterocycles. The van der Waals surface area contributed by atoms with Gasteiger partial charge in [0.2, 0.25) is 0 Å². The fourth-order valence-corrected chi connectivity index (χ4v) is 2.27. The van der Waals surface area contributed by atoms with E-state index in [1.165, 1.54) is 6.08 Å². The van der Waals surface area contributed by atoms with E-state index in [0.717, 1.165) is 22.7 Å². The Hall–Kier alpha value is -3.33. The number of ether oxygens (including phenoxy) is 1. The van der Waals surface area contributed by atoms with Crippen LogP contribution in [-0.2, 0) is 0 Å². The van der Waals surface area contributed by atoms with Crippen LogP contribution in [-0.4, -0.2) is 5.78 Å². The van der Waals surface area contributed by atoms with Crippen molar-refractivity contribution in [3.63, 3.8) is 0 Å². The third kappa shape index (κ3) is 4.82. The second kappa shape index (κ2) is 7.97. The van der Waals surface area contributed by atoms with E-state index in [0.29, 0.717) is 5.56 Å². The van der Waals surface area contributed by atoms with Gasteiger partial charge in [-0.2, -0.15) is 0 Å². The first-order valence-corrected chi connectivity index (χ1v) is 8.08. The molecular formula is C22H19NO2. The maximum absolute atomic E-state index is 12.1. The van der Waals surface area contributed by atoms with Crippen molar-refractivity contribution in [2.75, 3.05) is 5.32 Å². The number of ketones is 1. The van der Waals surface area contributed by atoms with Crippen LogP contribution < -0.4 is 10.1 Å². The van der Waals surface area contributed by atoms with Crippen LogP contribution >= 0.6 is 0 Å². The van der Waals surface area contributed by atoms with Gasteiger partial charge in [-0.15, -0.1) is 0 Å². The summed E-state index contributed by atoms with van der Waals surface area (Å²) in [6, 6.07) is 24.7. The SMILES string of the molecule is Cc1ccc(C(=O)/C=C/Nc2ccc(Oc3ccccc3)cc2)cc1. The van der Waals surface area contributed by atoms with E-state index in [9.17, 15) is 4.79 Å². The zero-order valence-electron chi connectivity index (χ0n) is 14.0. The summed E-state index contributed by atoms with van der Waals surface area (Å²) in [5, 5.41) is 3.09. The first-order chi connectivity index (χ1) is 12.2. The molecule has 3 nitrogen and oxygen atoms in total. The van der Waals surface area contributed by atoms with Crippen molar-refractivity contribution in [3.8, 4) is 11.5 Å². The van der Waals surface area contributed by atoms with Crippen LogP contribution in [0.15, 0.2) is 91.1 Å². The van der Waals surface area contributed by atoms with Crippen molar-refractivity contribution in [1.82, 2.24) is 0 Å². The number of rotatable bonds is 6. The Morgan fingerprint density at radius 2 is 1.48 bits per heavy atom. The van der Waals surface area contributed by atoms with Crippen molar-refractivity contribution in [2.45, 2.75) is 6.92 Å². The normalized spacial score (nSPS) is 10.6. The highest BCUT2D eigenvalue weighted by Gasteiger charge is 2.00. The van der Waals surface area contributed by atoms with Gasteiger partial charge in [0.1, 0.15) is 11.5 Å². The minimum absolute atomic E-state index is 0.0310. The second-order valence-corrected chi connectivity index (χ2v) is 5.65. The molecular weight excluding hydrogens is 310 g/mol. The van der Waals surface area contributed by atoms with E-state index in [1.807, 2.05) is 85.8 Å². The molecule has 0 bridgehead atoms. The molecule has 3 aromatic carbocycles. The van der Waals surface area contributed by atoms with Crippen LogP contribution in [0.2, 0.25) is 0 Å². The summed E-state index contributed by atoms with van der Waals surface area (Å²) >= 11 is 0. The summed E-state index contributed by atoms with van der Waals surface area (Å²) in [5.41, 5.74) is 2.69. The molecule has 25 heavy (non-hydrogen) atoms. The predicted octanol–water partition coefficient (Wildman–Crippen LogP) is 5.60. The summed E-state index contributed by atoms with van der Waals surface area (Å²) in [7, 11) is 0. The van der Waals surface area contributed by atoms with Crippen molar-refractivity contribution in [2.24, 2.45) is 0 Å². The first-order valence-electron chi connectivity index (χ1n) is 8.08. The molecule has 3 heteroatoms. The summed E-state index contributed by atoms with van der Waals surface area (Å²) in [6.07, 6.45) is 3.17. The molecule has 0 aliphatic rings. The van der Waals surface area contributed by atoms with E-state index in [1.54, 1.807) is 6.20 Å². The van der Waals surface area contributed by atoms with E-state index in [-0.39, 0.29) is 5.78 Å². The minimum atomic E-state index is -0.0310. The van der Waals surface area contributed by atoms with Crippen LogP contribution in [0.1, 0.15) is 15.9 Å². The topological polar surface area (TPSA) is 38.3 Å². The standard InChI is InChI=1S/C22H19NO2/c1-17-7-9-18(10-8-17)22(24)15-16-23-19-11-13-21(14-12-19)25-20-5-3-2-4-6-20/h2-16,23H,1H3/b16-15+. The van der Waals surface area contributed by atoms with Gasteiger partial charge in [0.15, 0.2) is 5.78 Å². The lowest BCUT2D eigenvalue weighted by Crippen LogP contribution is -1.96. The number of aryl methyl sites for hydroxylation is 1. The lowest BCUT2D eigenvalue weighted by atomic mass is 10.1. The summed E-state index contributed by atoms with van der Waals surface area (Å²) < 4.78 is 5.74. The van der Waals surface area contributed by atoms with Crippen molar-refractivity contribution < 1.29 is 9.53 Å². The largest absolute Gasteiger partial charge is 0.457 e. The van der Waals surface area contributed by atoms with Gasteiger partial charge < -0.3 is 10.1 Å². The Balaban J connectivity index is 1.56. The molecule has 0 radical (unpaired) electrons. The Morgan fingerprint density at radius 3 is 2.16 bits per heavy atom. The van der Waals surface area contributed by atoms with Crippen molar-refractivity contribution >= 4 is 11.5 Å². The molecule has 3 rings (SSSR count). The van der Waals surface area contributed by atoms with Gasteiger partial charge in [-0.3, -0.25) is 4.79 Å². The highest BCUT2D eigenvalue weighted by Crippen LogP contribution is 2.22. The number of allylic oxidation sites excluding steroid dienone is 1. The maximum Gasteiger partial charge on any atom is 0.187 e. The number of carbonyl (C=O) groups excluding carboxylic acids is 1.